The van der Waals surface area contributed by atoms with Crippen LogP contribution in [0.25, 0.3) is 0 Å². The highest BCUT2D eigenvalue weighted by Crippen LogP contribution is 2.33. The van der Waals surface area contributed by atoms with E-state index in [4.69, 9.17) is 0 Å². The molecule has 1 unspecified atom stereocenters. The van der Waals surface area contributed by atoms with E-state index in [1.54, 1.807) is 6.92 Å². The first kappa shape index (κ1) is 6.08. The Bertz CT molecular complexity index is 139. The second kappa shape index (κ2) is 2.05. The zero-order chi connectivity index (χ0) is 6.15. The van der Waals surface area contributed by atoms with Gasteiger partial charge in [-0.2, -0.15) is 0 Å². The monoisotopic (exact) mass is 134 g/mol. The van der Waals surface area contributed by atoms with Crippen molar-refractivity contribution < 1.29 is 8.42 Å². The molecule has 0 spiro atoms. The molecule has 0 aromatic carbocycles. The van der Waals surface area contributed by atoms with Crippen LogP contribution in [0.15, 0.2) is 0 Å². The maximum Gasteiger partial charge on any atom is 0.143 e. The standard InChI is InChI=1S/C5H10O2S/c1-4(8(6)7)5-2-3-5/h4-5,8H,2-3H2,1H3. The summed E-state index contributed by atoms with van der Waals surface area (Å²) in [6.07, 6.45) is 2.23. The average Bonchev–Trinajstić information content (AvgIpc) is 2.43. The summed E-state index contributed by atoms with van der Waals surface area (Å²) in [6, 6.07) is 0. The van der Waals surface area contributed by atoms with Gasteiger partial charge in [0.2, 0.25) is 0 Å². The second-order valence-corrected chi connectivity index (χ2v) is 3.75. The number of hydrogen-bond donors (Lipinski definition) is 1. The smallest absolute Gasteiger partial charge is 0.143 e. The van der Waals surface area contributed by atoms with E-state index in [0.29, 0.717) is 5.92 Å². The largest absolute Gasteiger partial charge is 0.232 e. The summed E-state index contributed by atoms with van der Waals surface area (Å²) in [5.74, 6) is 0.496. The lowest BCUT2D eigenvalue weighted by atomic mass is 10.3. The van der Waals surface area contributed by atoms with E-state index in [1.165, 1.54) is 0 Å². The van der Waals surface area contributed by atoms with Gasteiger partial charge in [-0.3, -0.25) is 0 Å². The minimum Gasteiger partial charge on any atom is -0.232 e. The molecule has 8 heavy (non-hydrogen) atoms. The number of hydrogen-bond acceptors (Lipinski definition) is 2. The van der Waals surface area contributed by atoms with Crippen LogP contribution in [0.4, 0.5) is 0 Å². The van der Waals surface area contributed by atoms with E-state index in [-0.39, 0.29) is 5.25 Å². The molecule has 0 aliphatic heterocycles. The van der Waals surface area contributed by atoms with Gasteiger partial charge in [-0.15, -0.1) is 0 Å². The molecule has 1 saturated carbocycles. The van der Waals surface area contributed by atoms with Crippen molar-refractivity contribution in [3.63, 3.8) is 0 Å². The molecule has 1 fully saturated rings. The maximum atomic E-state index is 10.2. The molecule has 48 valence electrons. The normalized spacial score (nSPS) is 23.8. The van der Waals surface area contributed by atoms with Crippen LogP contribution in [-0.2, 0) is 10.7 Å². The second-order valence-electron chi connectivity index (χ2n) is 2.36. The van der Waals surface area contributed by atoms with Crippen molar-refractivity contribution in [1.82, 2.24) is 0 Å². The topological polar surface area (TPSA) is 34.1 Å². The fraction of sp³-hybridized carbons (Fsp3) is 1.00. The van der Waals surface area contributed by atoms with Gasteiger partial charge in [0.1, 0.15) is 10.7 Å². The quantitative estimate of drug-likeness (QED) is 0.554. The SMILES string of the molecule is CC(C1CC1)[SH](=O)=O. The molecule has 0 saturated heterocycles. The van der Waals surface area contributed by atoms with Crippen molar-refractivity contribution in [2.24, 2.45) is 5.92 Å². The summed E-state index contributed by atoms with van der Waals surface area (Å²) < 4.78 is 20.4. The Balaban J connectivity index is 2.44. The first-order chi connectivity index (χ1) is 3.72. The van der Waals surface area contributed by atoms with Gasteiger partial charge >= 0.3 is 0 Å². The molecule has 1 rings (SSSR count). The van der Waals surface area contributed by atoms with Gasteiger partial charge in [-0.05, 0) is 25.7 Å². The van der Waals surface area contributed by atoms with E-state index in [0.717, 1.165) is 12.8 Å². The average molecular weight is 134 g/mol. The van der Waals surface area contributed by atoms with Crippen molar-refractivity contribution in [2.45, 2.75) is 25.0 Å². The van der Waals surface area contributed by atoms with E-state index in [2.05, 4.69) is 0 Å². The van der Waals surface area contributed by atoms with Gasteiger partial charge in [-0.25, -0.2) is 8.42 Å². The van der Waals surface area contributed by atoms with Crippen LogP contribution in [0.3, 0.4) is 0 Å². The van der Waals surface area contributed by atoms with Gasteiger partial charge in [0.05, 0.1) is 5.25 Å². The molecule has 0 N–H and O–H groups in total. The first-order valence-corrected chi connectivity index (χ1v) is 4.10. The molecule has 0 heterocycles. The fourth-order valence-corrected chi connectivity index (χ4v) is 1.39. The molecule has 1 aliphatic carbocycles. The van der Waals surface area contributed by atoms with Crippen molar-refractivity contribution >= 4 is 10.7 Å². The van der Waals surface area contributed by atoms with Gasteiger partial charge in [0.15, 0.2) is 0 Å². The van der Waals surface area contributed by atoms with Crippen LogP contribution in [-0.4, -0.2) is 13.7 Å². The van der Waals surface area contributed by atoms with Crippen LogP contribution < -0.4 is 0 Å². The lowest BCUT2D eigenvalue weighted by Gasteiger charge is -1.94. The molecular weight excluding hydrogens is 124 g/mol. The van der Waals surface area contributed by atoms with E-state index >= 15 is 0 Å². The van der Waals surface area contributed by atoms with Crippen LogP contribution in [0.2, 0.25) is 0 Å². The van der Waals surface area contributed by atoms with E-state index < -0.39 is 10.7 Å². The van der Waals surface area contributed by atoms with Crippen LogP contribution >= 0.6 is 0 Å². The Morgan fingerprint density at radius 1 is 1.50 bits per heavy atom. The van der Waals surface area contributed by atoms with Crippen LogP contribution in [0, 0.1) is 5.92 Å². The highest BCUT2D eigenvalue weighted by molar-refractivity contribution is 7.73. The lowest BCUT2D eigenvalue weighted by molar-refractivity contribution is 0.594. The third-order valence-electron chi connectivity index (χ3n) is 1.64. The van der Waals surface area contributed by atoms with Crippen molar-refractivity contribution in [3.05, 3.63) is 0 Å². The Morgan fingerprint density at radius 2 is 2.00 bits per heavy atom. The number of rotatable bonds is 2. The maximum absolute atomic E-state index is 10.2. The molecule has 0 radical (unpaired) electrons. The van der Waals surface area contributed by atoms with Crippen LogP contribution in [0.1, 0.15) is 19.8 Å². The lowest BCUT2D eigenvalue weighted by Crippen LogP contribution is -2.05. The molecule has 3 heteroatoms. The van der Waals surface area contributed by atoms with Gasteiger partial charge in [-0.1, -0.05) is 0 Å². The number of thiol groups is 1. The van der Waals surface area contributed by atoms with Crippen molar-refractivity contribution in [2.75, 3.05) is 0 Å². The summed E-state index contributed by atoms with van der Waals surface area (Å²) in [5.41, 5.74) is 0. The highest BCUT2D eigenvalue weighted by atomic mass is 32.2. The zero-order valence-corrected chi connectivity index (χ0v) is 5.73. The third kappa shape index (κ3) is 1.22. The van der Waals surface area contributed by atoms with Crippen molar-refractivity contribution in [1.29, 1.82) is 0 Å². The minimum absolute atomic E-state index is 0.0648. The molecule has 0 aromatic rings. The third-order valence-corrected chi connectivity index (χ3v) is 2.72. The summed E-state index contributed by atoms with van der Waals surface area (Å²) in [6.45, 7) is 1.78. The zero-order valence-electron chi connectivity index (χ0n) is 4.83. The molecule has 2 nitrogen and oxygen atoms in total. The molecular formula is C5H10O2S. The predicted molar refractivity (Wildman–Crippen MR) is 32.5 cm³/mol. The Morgan fingerprint density at radius 3 is 2.12 bits per heavy atom. The Kier molecular flexibility index (Phi) is 1.56. The Hall–Kier alpha value is -0.0500. The summed E-state index contributed by atoms with van der Waals surface area (Å²) in [7, 11) is -2.14. The minimum atomic E-state index is -2.14. The predicted octanol–water partition coefficient (Wildman–Crippen LogP) is 0.396. The van der Waals surface area contributed by atoms with Crippen LogP contribution in [0.5, 0.6) is 0 Å². The van der Waals surface area contributed by atoms with E-state index in [1.807, 2.05) is 0 Å². The molecule has 1 aliphatic rings. The van der Waals surface area contributed by atoms with Gasteiger partial charge < -0.3 is 0 Å². The van der Waals surface area contributed by atoms with Gasteiger partial charge in [0.25, 0.3) is 0 Å². The summed E-state index contributed by atoms with van der Waals surface area (Å²) in [4.78, 5) is 0. The van der Waals surface area contributed by atoms with Crippen molar-refractivity contribution in [3.8, 4) is 0 Å². The fourth-order valence-electron chi connectivity index (χ4n) is 0.751. The molecule has 0 bridgehead atoms. The summed E-state index contributed by atoms with van der Waals surface area (Å²) in [5, 5.41) is -0.0648. The molecule has 1 atom stereocenters. The summed E-state index contributed by atoms with van der Waals surface area (Å²) >= 11 is 0. The highest BCUT2D eigenvalue weighted by Gasteiger charge is 2.29. The molecule has 0 aromatic heterocycles. The van der Waals surface area contributed by atoms with E-state index in [9.17, 15) is 8.42 Å². The van der Waals surface area contributed by atoms with Gasteiger partial charge in [0, 0.05) is 0 Å². The Labute approximate surface area is 50.9 Å². The first-order valence-electron chi connectivity index (χ1n) is 2.85. The molecule has 0 amide bonds.